The van der Waals surface area contributed by atoms with E-state index < -0.39 is 10.2 Å². The summed E-state index contributed by atoms with van der Waals surface area (Å²) in [7, 11) is -4.94. The average Bonchev–Trinajstić information content (AvgIpc) is 2.80. The van der Waals surface area contributed by atoms with Crippen LogP contribution in [0, 0.1) is 24.1 Å². The van der Waals surface area contributed by atoms with Crippen molar-refractivity contribution in [2.75, 3.05) is 0 Å². The molecular formula is C28H25ClO5. The molecule has 0 atom stereocenters. The third-order valence-electron chi connectivity index (χ3n) is 5.17. The van der Waals surface area contributed by atoms with Gasteiger partial charge in [-0.1, -0.05) is 71.8 Å². The van der Waals surface area contributed by atoms with Crippen molar-refractivity contribution in [1.29, 1.82) is 0 Å². The highest BCUT2D eigenvalue weighted by atomic mass is 35.7. The predicted molar refractivity (Wildman–Crippen MR) is 123 cm³/mol. The summed E-state index contributed by atoms with van der Waals surface area (Å²) < 4.78 is 40.5. The van der Waals surface area contributed by atoms with Gasteiger partial charge in [-0.05, 0) is 43.7 Å². The number of rotatable bonds is 5. The van der Waals surface area contributed by atoms with Crippen molar-refractivity contribution >= 4 is 0 Å². The van der Waals surface area contributed by atoms with Crippen LogP contribution in [0.2, 0.25) is 0 Å². The van der Waals surface area contributed by atoms with E-state index >= 15 is 0 Å². The summed E-state index contributed by atoms with van der Waals surface area (Å²) >= 11 is 0. The van der Waals surface area contributed by atoms with Crippen LogP contribution in [0.4, 0.5) is 0 Å². The van der Waals surface area contributed by atoms with E-state index in [-0.39, 0.29) is 0 Å². The van der Waals surface area contributed by atoms with Crippen LogP contribution in [0.15, 0.2) is 102 Å². The lowest BCUT2D eigenvalue weighted by atomic mass is 9.93. The monoisotopic (exact) mass is 476 g/mol. The number of halogens is 1. The first kappa shape index (κ1) is 25.3. The maximum absolute atomic E-state index is 8.49. The molecule has 0 saturated heterocycles. The number of hydrogen-bond donors (Lipinski definition) is 0. The van der Waals surface area contributed by atoms with Gasteiger partial charge in [-0.25, -0.2) is 23.1 Å². The Labute approximate surface area is 201 Å². The number of benzene rings is 3. The van der Waals surface area contributed by atoms with Crippen LogP contribution in [-0.2, 0) is 6.42 Å². The van der Waals surface area contributed by atoms with Crippen LogP contribution in [0.1, 0.15) is 16.7 Å². The Morgan fingerprint density at radius 1 is 0.735 bits per heavy atom. The zero-order chi connectivity index (χ0) is 24.7. The molecular weight excluding hydrogens is 452 g/mol. The van der Waals surface area contributed by atoms with Crippen LogP contribution in [0.5, 0.6) is 0 Å². The lowest BCUT2D eigenvalue weighted by Gasteiger charge is -2.17. The molecule has 0 bridgehead atoms. The zero-order valence-electron chi connectivity index (χ0n) is 19.0. The predicted octanol–water partition coefficient (Wildman–Crippen LogP) is 3.15. The van der Waals surface area contributed by atoms with E-state index in [9.17, 15) is 0 Å². The molecule has 0 spiro atoms. The summed E-state index contributed by atoms with van der Waals surface area (Å²) in [5.41, 5.74) is 8.15. The minimum absolute atomic E-state index is 0.741. The van der Waals surface area contributed by atoms with E-state index in [2.05, 4.69) is 99.3 Å². The minimum Gasteiger partial charge on any atom is -0.222 e. The summed E-state index contributed by atoms with van der Waals surface area (Å²) in [5.74, 6) is 1.77. The number of allylic oxidation sites excluding steroid dienone is 1. The van der Waals surface area contributed by atoms with Crippen LogP contribution in [0.3, 0.4) is 0 Å². The zero-order valence-corrected chi connectivity index (χ0v) is 19.7. The van der Waals surface area contributed by atoms with Crippen LogP contribution in [0.25, 0.3) is 33.8 Å². The lowest BCUT2D eigenvalue weighted by Crippen LogP contribution is -2.68. The molecule has 0 aliphatic carbocycles. The molecule has 4 rings (SSSR count). The first-order chi connectivity index (χ1) is 16.2. The maximum atomic E-state index is 8.49. The fourth-order valence-corrected chi connectivity index (χ4v) is 3.56. The molecule has 34 heavy (non-hydrogen) atoms. The second-order valence-electron chi connectivity index (χ2n) is 7.80. The molecule has 4 aromatic rings. The van der Waals surface area contributed by atoms with E-state index in [0.29, 0.717) is 0 Å². The average molecular weight is 477 g/mol. The molecule has 0 amide bonds. The summed E-state index contributed by atoms with van der Waals surface area (Å²) in [6.45, 7) is 8.19. The van der Waals surface area contributed by atoms with Gasteiger partial charge in [-0.3, -0.25) is 0 Å². The summed E-state index contributed by atoms with van der Waals surface area (Å²) in [6, 6.07) is 29.7. The van der Waals surface area contributed by atoms with Gasteiger partial charge in [-0.15, -0.1) is 16.8 Å². The smallest absolute Gasteiger partial charge is 0.222 e. The Kier molecular flexibility index (Phi) is 8.34. The molecule has 0 aliphatic rings. The molecule has 0 aliphatic heterocycles. The quantitative estimate of drug-likeness (QED) is 0.325. The van der Waals surface area contributed by atoms with Gasteiger partial charge >= 0.3 is 11.5 Å². The van der Waals surface area contributed by atoms with E-state index in [0.717, 1.165) is 34.6 Å². The number of aryl methyl sites for hydroxylation is 2. The van der Waals surface area contributed by atoms with Gasteiger partial charge in [0, 0.05) is 12.0 Å². The van der Waals surface area contributed by atoms with E-state index in [1.807, 2.05) is 12.1 Å². The molecule has 174 valence electrons. The summed E-state index contributed by atoms with van der Waals surface area (Å²) in [6.07, 6.45) is 2.69. The third kappa shape index (κ3) is 7.09. The van der Waals surface area contributed by atoms with Crippen molar-refractivity contribution < 1.29 is 33.3 Å². The molecule has 0 N–H and O–H groups in total. The normalized spacial score (nSPS) is 10.9. The van der Waals surface area contributed by atoms with Gasteiger partial charge < -0.3 is 0 Å². The largest absolute Gasteiger partial charge is 0.364 e. The minimum atomic E-state index is -4.94. The Hall–Kier alpha value is -3.32. The SMILES string of the molecule is C=CCc1c(-c2ccccc2)cc(-c2ccc(C)cc2)[o+]c1-c1ccc(C)cc1.[O-][Cl+3]([O-])([O-])[O-]. The second-order valence-corrected chi connectivity index (χ2v) is 8.56. The molecule has 3 aromatic carbocycles. The molecule has 1 aromatic heterocycles. The molecule has 6 heteroatoms. The molecule has 0 unspecified atom stereocenters. The van der Waals surface area contributed by atoms with Crippen molar-refractivity contribution in [3.63, 3.8) is 0 Å². The standard InChI is InChI=1S/C28H25O.ClHO4/c1-4-8-25-26(22-9-6-5-7-10-22)19-27(23-15-11-20(2)12-16-23)29-28(25)24-17-13-21(3)14-18-24;2-1(3,4)5/h4-7,9-19H,1,8H2,2-3H3;(H,2,3,4,5)/q+1;/p-1. The molecule has 0 saturated carbocycles. The summed E-state index contributed by atoms with van der Waals surface area (Å²) in [4.78, 5) is 0. The highest BCUT2D eigenvalue weighted by Crippen LogP contribution is 2.38. The van der Waals surface area contributed by atoms with E-state index in [4.69, 9.17) is 23.1 Å². The fraction of sp³-hybridized carbons (Fsp3) is 0.107. The molecule has 0 fully saturated rings. The van der Waals surface area contributed by atoms with Gasteiger partial charge in [0.2, 0.25) is 0 Å². The maximum Gasteiger partial charge on any atom is 0.364 e. The molecule has 0 radical (unpaired) electrons. The Bertz CT molecular complexity index is 1220. The first-order valence-electron chi connectivity index (χ1n) is 10.6. The van der Waals surface area contributed by atoms with Crippen molar-refractivity contribution in [3.8, 4) is 33.8 Å². The van der Waals surface area contributed by atoms with Crippen molar-refractivity contribution in [1.82, 2.24) is 0 Å². The van der Waals surface area contributed by atoms with E-state index in [1.165, 1.54) is 22.3 Å². The Balaban J connectivity index is 0.000000588. The Morgan fingerprint density at radius 3 is 1.74 bits per heavy atom. The number of hydrogen-bond acceptors (Lipinski definition) is 4. The van der Waals surface area contributed by atoms with Crippen molar-refractivity contribution in [3.05, 3.63) is 114 Å². The van der Waals surface area contributed by atoms with Gasteiger partial charge in [-0.2, -0.15) is 0 Å². The fourth-order valence-electron chi connectivity index (χ4n) is 3.56. The highest BCUT2D eigenvalue weighted by molar-refractivity contribution is 5.79. The first-order valence-corrected chi connectivity index (χ1v) is 11.8. The lowest BCUT2D eigenvalue weighted by molar-refractivity contribution is -2.00. The van der Waals surface area contributed by atoms with Gasteiger partial charge in [0.1, 0.15) is 0 Å². The topological polar surface area (TPSA) is 104 Å². The van der Waals surface area contributed by atoms with Gasteiger partial charge in [0.25, 0.3) is 0 Å². The third-order valence-corrected chi connectivity index (χ3v) is 5.17. The highest BCUT2D eigenvalue weighted by Gasteiger charge is 2.26. The van der Waals surface area contributed by atoms with Crippen LogP contribution in [-0.4, -0.2) is 0 Å². The van der Waals surface area contributed by atoms with Gasteiger partial charge in [0.05, 0.1) is 22.8 Å². The van der Waals surface area contributed by atoms with Crippen LogP contribution >= 0.6 is 0 Å². The summed E-state index contributed by atoms with van der Waals surface area (Å²) in [5, 5.41) is 0. The van der Waals surface area contributed by atoms with Gasteiger partial charge in [0.15, 0.2) is 0 Å². The van der Waals surface area contributed by atoms with Crippen molar-refractivity contribution in [2.24, 2.45) is 0 Å². The van der Waals surface area contributed by atoms with Crippen LogP contribution < -0.4 is 18.6 Å². The Morgan fingerprint density at radius 2 is 1.24 bits per heavy atom. The second kappa shape index (κ2) is 11.2. The molecule has 1 heterocycles. The van der Waals surface area contributed by atoms with Crippen molar-refractivity contribution in [2.45, 2.75) is 20.3 Å². The molecule has 5 nitrogen and oxygen atoms in total. The van der Waals surface area contributed by atoms with E-state index in [1.54, 1.807) is 0 Å².